The van der Waals surface area contributed by atoms with E-state index in [0.29, 0.717) is 5.75 Å². The molecule has 1 atom stereocenters. The normalized spacial score (nSPS) is 21.1. The summed E-state index contributed by atoms with van der Waals surface area (Å²) in [6.07, 6.45) is 5.83. The number of ether oxygens (including phenoxy) is 1. The van der Waals surface area contributed by atoms with Gasteiger partial charge in [-0.25, -0.2) is 0 Å². The molecule has 1 heterocycles. The minimum atomic E-state index is -0.0392. The van der Waals surface area contributed by atoms with Crippen molar-refractivity contribution in [1.29, 1.82) is 0 Å². The van der Waals surface area contributed by atoms with Crippen molar-refractivity contribution < 1.29 is 9.84 Å². The second kappa shape index (κ2) is 5.04. The maximum absolute atomic E-state index is 9.61. The molecule has 3 N–H and O–H groups in total. The number of benzene rings is 1. The Labute approximate surface area is 109 Å². The number of allylic oxidation sites excluding steroid dienone is 1. The molecule has 1 aromatic rings. The summed E-state index contributed by atoms with van der Waals surface area (Å²) in [7, 11) is 1.49. The zero-order valence-corrected chi connectivity index (χ0v) is 10.8. The maximum atomic E-state index is 9.61. The summed E-state index contributed by atoms with van der Waals surface area (Å²) in [5, 5.41) is 9.89. The highest BCUT2D eigenvalue weighted by Crippen LogP contribution is 2.37. The molecule has 2 rings (SSSR count). The van der Waals surface area contributed by atoms with Crippen molar-refractivity contribution in [3.63, 3.8) is 0 Å². The van der Waals surface area contributed by atoms with Crippen LogP contribution in [-0.2, 0) is 0 Å². The van der Waals surface area contributed by atoms with Gasteiger partial charge < -0.3 is 15.6 Å². The fourth-order valence-electron chi connectivity index (χ4n) is 1.50. The van der Waals surface area contributed by atoms with Crippen LogP contribution in [0.1, 0.15) is 5.56 Å². The van der Waals surface area contributed by atoms with Crippen molar-refractivity contribution in [2.45, 2.75) is 5.37 Å². The third-order valence-electron chi connectivity index (χ3n) is 2.30. The van der Waals surface area contributed by atoms with E-state index in [9.17, 15) is 5.11 Å². The van der Waals surface area contributed by atoms with Crippen LogP contribution in [-0.4, -0.2) is 17.6 Å². The molecule has 1 aliphatic heterocycles. The molecule has 3 nitrogen and oxygen atoms in total. The second-order valence-electron chi connectivity index (χ2n) is 3.54. The zero-order chi connectivity index (χ0) is 12.4. The first-order valence-electron chi connectivity index (χ1n) is 4.99. The minimum Gasteiger partial charge on any atom is -0.503 e. The van der Waals surface area contributed by atoms with Crippen molar-refractivity contribution in [2.24, 2.45) is 5.73 Å². The molecule has 1 aromatic carbocycles. The molecule has 0 amide bonds. The Morgan fingerprint density at radius 3 is 2.88 bits per heavy atom. The maximum Gasteiger partial charge on any atom is 0.176 e. The Morgan fingerprint density at radius 2 is 2.29 bits per heavy atom. The number of aromatic hydroxyl groups is 1. The molecule has 0 radical (unpaired) electrons. The predicted octanol–water partition coefficient (Wildman–Crippen LogP) is 2.98. The van der Waals surface area contributed by atoms with E-state index in [-0.39, 0.29) is 16.1 Å². The number of rotatable bonds is 2. The number of nitrogens with two attached hydrogens (primary N) is 1. The fourth-order valence-corrected chi connectivity index (χ4v) is 2.56. The van der Waals surface area contributed by atoms with Gasteiger partial charge in [0.15, 0.2) is 11.5 Å². The van der Waals surface area contributed by atoms with Crippen molar-refractivity contribution in [2.75, 3.05) is 7.11 Å². The van der Waals surface area contributed by atoms with E-state index in [1.54, 1.807) is 23.9 Å². The first kappa shape index (κ1) is 12.4. The number of hydrogen-bond donors (Lipinski definition) is 2. The highest BCUT2D eigenvalue weighted by molar-refractivity contribution is 8.04. The van der Waals surface area contributed by atoms with Gasteiger partial charge in [0, 0.05) is 4.91 Å². The fraction of sp³-hybridized carbons (Fsp3) is 0.167. The van der Waals surface area contributed by atoms with Crippen LogP contribution >= 0.6 is 23.4 Å². The average Bonchev–Trinajstić information content (AvgIpc) is 2.69. The summed E-state index contributed by atoms with van der Waals surface area (Å²) in [6.45, 7) is 0. The van der Waals surface area contributed by atoms with Gasteiger partial charge >= 0.3 is 0 Å². The lowest BCUT2D eigenvalue weighted by atomic mass is 10.2. The standard InChI is InChI=1S/C12H12ClNO2S/c1-16-10-6-7(5-9(13)12(10)15)4-8-2-3-11(14)17-8/h2-6,11,15H,14H2,1H3/b8-4-. The van der Waals surface area contributed by atoms with E-state index in [4.69, 9.17) is 22.1 Å². The lowest BCUT2D eigenvalue weighted by Gasteiger charge is -2.07. The van der Waals surface area contributed by atoms with Gasteiger partial charge in [-0.05, 0) is 23.8 Å². The first-order chi connectivity index (χ1) is 8.10. The molecule has 5 heteroatoms. The van der Waals surface area contributed by atoms with E-state index in [2.05, 4.69) is 0 Å². The second-order valence-corrected chi connectivity index (χ2v) is 5.20. The molecule has 1 aliphatic rings. The summed E-state index contributed by atoms with van der Waals surface area (Å²) >= 11 is 7.47. The molecule has 0 spiro atoms. The molecule has 0 saturated carbocycles. The van der Waals surface area contributed by atoms with Gasteiger partial charge in [-0.15, -0.1) is 11.8 Å². The summed E-state index contributed by atoms with van der Waals surface area (Å²) in [4.78, 5) is 1.06. The molecular weight excluding hydrogens is 258 g/mol. The third kappa shape index (κ3) is 2.77. The highest BCUT2D eigenvalue weighted by atomic mass is 35.5. The van der Waals surface area contributed by atoms with Gasteiger partial charge in [0.05, 0.1) is 17.5 Å². The van der Waals surface area contributed by atoms with Gasteiger partial charge in [0.25, 0.3) is 0 Å². The van der Waals surface area contributed by atoms with Crippen LogP contribution in [0.25, 0.3) is 6.08 Å². The Morgan fingerprint density at radius 1 is 1.53 bits per heavy atom. The SMILES string of the molecule is COc1cc(/C=C2/C=CC(N)S2)cc(Cl)c1O. The monoisotopic (exact) mass is 269 g/mol. The third-order valence-corrected chi connectivity index (χ3v) is 3.55. The molecule has 0 bridgehead atoms. The molecule has 0 fully saturated rings. The lowest BCUT2D eigenvalue weighted by Crippen LogP contribution is -2.07. The zero-order valence-electron chi connectivity index (χ0n) is 9.18. The van der Waals surface area contributed by atoms with Crippen molar-refractivity contribution >= 4 is 29.4 Å². The van der Waals surface area contributed by atoms with Crippen LogP contribution in [0.3, 0.4) is 0 Å². The number of methoxy groups -OCH3 is 1. The van der Waals surface area contributed by atoms with E-state index in [0.717, 1.165) is 10.5 Å². The van der Waals surface area contributed by atoms with Gasteiger partial charge in [-0.2, -0.15) is 0 Å². The van der Waals surface area contributed by atoms with Crippen molar-refractivity contribution in [1.82, 2.24) is 0 Å². The van der Waals surface area contributed by atoms with Crippen LogP contribution in [0, 0.1) is 0 Å². The average molecular weight is 270 g/mol. The molecule has 0 saturated heterocycles. The van der Waals surface area contributed by atoms with E-state index in [1.807, 2.05) is 18.2 Å². The van der Waals surface area contributed by atoms with E-state index >= 15 is 0 Å². The Kier molecular flexibility index (Phi) is 3.66. The van der Waals surface area contributed by atoms with Crippen molar-refractivity contribution in [3.8, 4) is 11.5 Å². The Bertz CT molecular complexity index is 500. The van der Waals surface area contributed by atoms with Gasteiger partial charge in [-0.3, -0.25) is 0 Å². The molecule has 0 aromatic heterocycles. The molecule has 1 unspecified atom stereocenters. The smallest absolute Gasteiger partial charge is 0.176 e. The Hall–Kier alpha value is -1.10. The number of phenols is 1. The lowest BCUT2D eigenvalue weighted by molar-refractivity contribution is 0.373. The van der Waals surface area contributed by atoms with Crippen molar-refractivity contribution in [3.05, 3.63) is 39.8 Å². The van der Waals surface area contributed by atoms with Gasteiger partial charge in [0.1, 0.15) is 0 Å². The van der Waals surface area contributed by atoms with Crippen LogP contribution in [0.5, 0.6) is 11.5 Å². The van der Waals surface area contributed by atoms with Crippen LogP contribution in [0.15, 0.2) is 29.2 Å². The molecule has 17 heavy (non-hydrogen) atoms. The Balaban J connectivity index is 2.34. The largest absolute Gasteiger partial charge is 0.503 e. The quantitative estimate of drug-likeness (QED) is 0.867. The number of phenolic OH excluding ortho intramolecular Hbond substituents is 1. The van der Waals surface area contributed by atoms with Crippen LogP contribution in [0.4, 0.5) is 0 Å². The summed E-state index contributed by atoms with van der Waals surface area (Å²) in [6, 6.07) is 3.41. The predicted molar refractivity (Wildman–Crippen MR) is 72.4 cm³/mol. The van der Waals surface area contributed by atoms with Crippen LogP contribution < -0.4 is 10.5 Å². The molecule has 90 valence electrons. The molecular formula is C12H12ClNO2S. The molecule has 0 aliphatic carbocycles. The van der Waals surface area contributed by atoms with Crippen LogP contribution in [0.2, 0.25) is 5.02 Å². The van der Waals surface area contributed by atoms with E-state index in [1.165, 1.54) is 7.11 Å². The number of thioether (sulfide) groups is 1. The van der Waals surface area contributed by atoms with E-state index < -0.39 is 0 Å². The summed E-state index contributed by atoms with van der Waals surface area (Å²) < 4.78 is 5.04. The number of halogens is 1. The summed E-state index contributed by atoms with van der Waals surface area (Å²) in [5.74, 6) is 0.322. The van der Waals surface area contributed by atoms with Gasteiger partial charge in [0.2, 0.25) is 0 Å². The first-order valence-corrected chi connectivity index (χ1v) is 6.24. The summed E-state index contributed by atoms with van der Waals surface area (Å²) in [5.41, 5.74) is 6.60. The topological polar surface area (TPSA) is 55.5 Å². The minimum absolute atomic E-state index is 0.00994. The number of hydrogen-bond acceptors (Lipinski definition) is 4. The highest BCUT2D eigenvalue weighted by Gasteiger charge is 2.11. The van der Waals surface area contributed by atoms with Gasteiger partial charge in [-0.1, -0.05) is 23.8 Å².